The van der Waals surface area contributed by atoms with Gasteiger partial charge in [0.15, 0.2) is 0 Å². The van der Waals surface area contributed by atoms with Crippen LogP contribution in [-0.4, -0.2) is 33.0 Å². The largest absolute Gasteiger partial charge is 0.350 e. The highest BCUT2D eigenvalue weighted by molar-refractivity contribution is 5.97. The minimum atomic E-state index is -0.341. The standard InChI is InChI=1S/C14H21N5O.ClH/c1-4-14(15,5-2)9-16-13(20)10-6-7-12-11(8-10)17-18-19(12)3;/h6-8H,4-5,9,15H2,1-3H3,(H,16,20);1H. The topological polar surface area (TPSA) is 85.8 Å². The summed E-state index contributed by atoms with van der Waals surface area (Å²) in [6.45, 7) is 4.53. The van der Waals surface area contributed by atoms with Crippen molar-refractivity contribution in [2.45, 2.75) is 32.2 Å². The molecule has 116 valence electrons. The summed E-state index contributed by atoms with van der Waals surface area (Å²) in [6, 6.07) is 5.37. The van der Waals surface area contributed by atoms with Crippen LogP contribution < -0.4 is 11.1 Å². The van der Waals surface area contributed by atoms with Gasteiger partial charge in [0.05, 0.1) is 5.52 Å². The van der Waals surface area contributed by atoms with Gasteiger partial charge in [-0.3, -0.25) is 4.79 Å². The number of carbonyl (C=O) groups excluding carboxylic acids is 1. The van der Waals surface area contributed by atoms with Crippen LogP contribution in [0.25, 0.3) is 11.0 Å². The van der Waals surface area contributed by atoms with Crippen molar-refractivity contribution in [3.05, 3.63) is 23.8 Å². The lowest BCUT2D eigenvalue weighted by Crippen LogP contribution is -2.49. The predicted octanol–water partition coefficient (Wildman–Crippen LogP) is 1.64. The van der Waals surface area contributed by atoms with E-state index in [0.29, 0.717) is 17.6 Å². The van der Waals surface area contributed by atoms with E-state index in [9.17, 15) is 4.79 Å². The fourth-order valence-electron chi connectivity index (χ4n) is 2.04. The molecule has 1 amide bonds. The molecule has 2 rings (SSSR count). The van der Waals surface area contributed by atoms with Gasteiger partial charge in [0, 0.05) is 24.7 Å². The second-order valence-electron chi connectivity index (χ2n) is 5.17. The molecule has 1 aromatic heterocycles. The van der Waals surface area contributed by atoms with E-state index in [1.54, 1.807) is 16.8 Å². The summed E-state index contributed by atoms with van der Waals surface area (Å²) in [5.74, 6) is -0.130. The van der Waals surface area contributed by atoms with Crippen molar-refractivity contribution < 1.29 is 4.79 Å². The summed E-state index contributed by atoms with van der Waals surface area (Å²) < 4.78 is 1.68. The highest BCUT2D eigenvalue weighted by Gasteiger charge is 2.21. The molecule has 3 N–H and O–H groups in total. The lowest BCUT2D eigenvalue weighted by molar-refractivity contribution is 0.0942. The maximum absolute atomic E-state index is 12.2. The number of nitrogens with zero attached hydrogens (tertiary/aromatic N) is 3. The van der Waals surface area contributed by atoms with E-state index in [2.05, 4.69) is 15.6 Å². The molecular formula is C14H22ClN5O. The van der Waals surface area contributed by atoms with Gasteiger partial charge in [-0.1, -0.05) is 19.1 Å². The molecule has 0 aliphatic carbocycles. The van der Waals surface area contributed by atoms with E-state index < -0.39 is 0 Å². The Bertz CT molecular complexity index is 621. The van der Waals surface area contributed by atoms with Crippen LogP contribution in [0.5, 0.6) is 0 Å². The van der Waals surface area contributed by atoms with Crippen LogP contribution in [0, 0.1) is 0 Å². The summed E-state index contributed by atoms with van der Waals surface area (Å²) in [7, 11) is 1.82. The van der Waals surface area contributed by atoms with Gasteiger partial charge in [0.25, 0.3) is 5.91 Å². The van der Waals surface area contributed by atoms with Crippen LogP contribution in [0.15, 0.2) is 18.2 Å². The van der Waals surface area contributed by atoms with Gasteiger partial charge in [-0.15, -0.1) is 17.5 Å². The highest BCUT2D eigenvalue weighted by atomic mass is 35.5. The van der Waals surface area contributed by atoms with E-state index >= 15 is 0 Å². The Kier molecular flexibility index (Phi) is 5.69. The molecule has 0 aliphatic rings. The number of benzene rings is 1. The maximum atomic E-state index is 12.2. The number of nitrogens with one attached hydrogen (secondary N) is 1. The average Bonchev–Trinajstić information content (AvgIpc) is 2.85. The minimum Gasteiger partial charge on any atom is -0.350 e. The van der Waals surface area contributed by atoms with Crippen molar-refractivity contribution >= 4 is 29.3 Å². The number of nitrogens with two attached hydrogens (primary N) is 1. The molecule has 0 atom stereocenters. The van der Waals surface area contributed by atoms with Gasteiger partial charge in [-0.05, 0) is 31.0 Å². The van der Waals surface area contributed by atoms with Gasteiger partial charge < -0.3 is 11.1 Å². The van der Waals surface area contributed by atoms with Gasteiger partial charge in [-0.2, -0.15) is 0 Å². The van der Waals surface area contributed by atoms with Crippen LogP contribution in [0.1, 0.15) is 37.0 Å². The van der Waals surface area contributed by atoms with E-state index in [0.717, 1.165) is 18.4 Å². The van der Waals surface area contributed by atoms with Crippen LogP contribution >= 0.6 is 12.4 Å². The molecule has 0 unspecified atom stereocenters. The second-order valence-corrected chi connectivity index (χ2v) is 5.17. The predicted molar refractivity (Wildman–Crippen MR) is 85.6 cm³/mol. The smallest absolute Gasteiger partial charge is 0.251 e. The van der Waals surface area contributed by atoms with Crippen LogP contribution in [-0.2, 0) is 7.05 Å². The number of amides is 1. The van der Waals surface area contributed by atoms with Crippen molar-refractivity contribution in [3.63, 3.8) is 0 Å². The van der Waals surface area contributed by atoms with Gasteiger partial charge >= 0.3 is 0 Å². The zero-order valence-corrected chi connectivity index (χ0v) is 13.4. The Morgan fingerprint density at radius 2 is 2.05 bits per heavy atom. The first-order valence-corrected chi connectivity index (χ1v) is 6.85. The number of aryl methyl sites for hydroxylation is 1. The molecule has 1 aromatic carbocycles. The van der Waals surface area contributed by atoms with Crippen molar-refractivity contribution in [3.8, 4) is 0 Å². The van der Waals surface area contributed by atoms with Crippen molar-refractivity contribution in [2.75, 3.05) is 6.54 Å². The molecule has 0 aliphatic heterocycles. The zero-order chi connectivity index (χ0) is 14.8. The van der Waals surface area contributed by atoms with Crippen LogP contribution in [0.3, 0.4) is 0 Å². The third kappa shape index (κ3) is 3.71. The summed E-state index contributed by atoms with van der Waals surface area (Å²) in [5, 5.41) is 10.8. The molecule has 0 radical (unpaired) electrons. The Balaban J connectivity index is 0.00000220. The lowest BCUT2D eigenvalue weighted by Gasteiger charge is -2.26. The van der Waals surface area contributed by atoms with Crippen molar-refractivity contribution in [2.24, 2.45) is 12.8 Å². The number of aromatic nitrogens is 3. The van der Waals surface area contributed by atoms with Gasteiger partial charge in [0.2, 0.25) is 0 Å². The summed E-state index contributed by atoms with van der Waals surface area (Å²) in [5.41, 5.74) is 8.02. The van der Waals surface area contributed by atoms with Crippen molar-refractivity contribution in [1.29, 1.82) is 0 Å². The summed E-state index contributed by atoms with van der Waals surface area (Å²) in [6.07, 6.45) is 1.65. The first-order chi connectivity index (χ1) is 9.49. The molecule has 0 saturated carbocycles. The number of carbonyl (C=O) groups is 1. The van der Waals surface area contributed by atoms with Crippen LogP contribution in [0.4, 0.5) is 0 Å². The third-order valence-electron chi connectivity index (χ3n) is 3.88. The first-order valence-electron chi connectivity index (χ1n) is 6.85. The molecular weight excluding hydrogens is 290 g/mol. The normalized spacial score (nSPS) is 11.2. The average molecular weight is 312 g/mol. The Morgan fingerprint density at radius 3 is 2.67 bits per heavy atom. The minimum absolute atomic E-state index is 0. The maximum Gasteiger partial charge on any atom is 0.251 e. The Hall–Kier alpha value is -1.66. The third-order valence-corrected chi connectivity index (χ3v) is 3.88. The van der Waals surface area contributed by atoms with Gasteiger partial charge in [0.1, 0.15) is 5.52 Å². The molecule has 7 heteroatoms. The van der Waals surface area contributed by atoms with E-state index in [4.69, 9.17) is 5.73 Å². The van der Waals surface area contributed by atoms with Gasteiger partial charge in [-0.25, -0.2) is 4.68 Å². The summed E-state index contributed by atoms with van der Waals surface area (Å²) >= 11 is 0. The van der Waals surface area contributed by atoms with E-state index in [1.165, 1.54) is 0 Å². The molecule has 0 saturated heterocycles. The second kappa shape index (κ2) is 6.87. The zero-order valence-electron chi connectivity index (χ0n) is 12.6. The summed E-state index contributed by atoms with van der Waals surface area (Å²) in [4.78, 5) is 12.2. The molecule has 0 spiro atoms. The Labute approximate surface area is 130 Å². The van der Waals surface area contributed by atoms with Crippen LogP contribution in [0.2, 0.25) is 0 Å². The number of fused-ring (bicyclic) bond motifs is 1. The number of hydrogen-bond donors (Lipinski definition) is 2. The molecule has 2 aromatic rings. The molecule has 21 heavy (non-hydrogen) atoms. The van der Waals surface area contributed by atoms with Crippen molar-refractivity contribution in [1.82, 2.24) is 20.3 Å². The Morgan fingerprint density at radius 1 is 1.38 bits per heavy atom. The van der Waals surface area contributed by atoms with E-state index in [-0.39, 0.29) is 23.9 Å². The first kappa shape index (κ1) is 17.4. The number of hydrogen-bond acceptors (Lipinski definition) is 4. The fraction of sp³-hybridized carbons (Fsp3) is 0.500. The SMILES string of the molecule is CCC(N)(CC)CNC(=O)c1ccc2c(c1)nnn2C.Cl. The number of halogens is 1. The highest BCUT2D eigenvalue weighted by Crippen LogP contribution is 2.13. The fourth-order valence-corrected chi connectivity index (χ4v) is 2.04. The number of rotatable bonds is 5. The monoisotopic (exact) mass is 311 g/mol. The molecule has 6 nitrogen and oxygen atoms in total. The molecule has 0 bridgehead atoms. The van der Waals surface area contributed by atoms with E-state index in [1.807, 2.05) is 27.0 Å². The molecule has 0 fully saturated rings. The molecule has 1 heterocycles. The lowest BCUT2D eigenvalue weighted by atomic mass is 9.94. The quantitative estimate of drug-likeness (QED) is 0.879.